The molecule has 0 aromatic heterocycles. The molecule has 1 aromatic carbocycles. The van der Waals surface area contributed by atoms with Crippen molar-refractivity contribution in [3.63, 3.8) is 0 Å². The highest BCUT2D eigenvalue weighted by Crippen LogP contribution is 2.12. The second kappa shape index (κ2) is 7.72. The van der Waals surface area contributed by atoms with Gasteiger partial charge in [0.15, 0.2) is 0 Å². The molecule has 0 amide bonds. The monoisotopic (exact) mass is 302 g/mol. The van der Waals surface area contributed by atoms with Crippen LogP contribution < -0.4 is 5.32 Å². The standard InChI is InChI=1S/C15H20F2N2.ClH/c1-11-10-19(12(2)9-18-11)7-3-4-13-5-6-14(16)8-15(13)17;/h3-6,8,11-12,18H,7,9-10H2,1-2H3;1H/b4-3+;. The summed E-state index contributed by atoms with van der Waals surface area (Å²) in [6.07, 6.45) is 3.65. The number of nitrogens with one attached hydrogen (secondary N) is 1. The van der Waals surface area contributed by atoms with E-state index in [-0.39, 0.29) is 12.4 Å². The van der Waals surface area contributed by atoms with Gasteiger partial charge in [0, 0.05) is 43.3 Å². The molecule has 2 rings (SSSR count). The first-order chi connectivity index (χ1) is 9.06. The Morgan fingerprint density at radius 1 is 1.35 bits per heavy atom. The highest BCUT2D eigenvalue weighted by Gasteiger charge is 2.20. The molecular weight excluding hydrogens is 282 g/mol. The van der Waals surface area contributed by atoms with Gasteiger partial charge in [-0.25, -0.2) is 8.78 Å². The Kier molecular flexibility index (Phi) is 6.59. The minimum Gasteiger partial charge on any atom is -0.311 e. The maximum atomic E-state index is 13.4. The molecule has 112 valence electrons. The van der Waals surface area contributed by atoms with Crippen molar-refractivity contribution in [2.24, 2.45) is 0 Å². The van der Waals surface area contributed by atoms with Crippen LogP contribution in [-0.4, -0.2) is 36.6 Å². The zero-order chi connectivity index (χ0) is 13.8. The quantitative estimate of drug-likeness (QED) is 0.923. The Hall–Kier alpha value is -0.970. The molecule has 0 saturated carbocycles. The summed E-state index contributed by atoms with van der Waals surface area (Å²) in [5.74, 6) is -1.06. The smallest absolute Gasteiger partial charge is 0.133 e. The normalized spacial score (nSPS) is 23.8. The third-order valence-corrected chi connectivity index (χ3v) is 3.49. The lowest BCUT2D eigenvalue weighted by Crippen LogP contribution is -2.54. The molecule has 5 heteroatoms. The molecule has 1 aliphatic heterocycles. The van der Waals surface area contributed by atoms with E-state index in [4.69, 9.17) is 0 Å². The van der Waals surface area contributed by atoms with Crippen LogP contribution in [0.25, 0.3) is 6.08 Å². The highest BCUT2D eigenvalue weighted by molar-refractivity contribution is 5.85. The van der Waals surface area contributed by atoms with Crippen LogP contribution in [-0.2, 0) is 0 Å². The lowest BCUT2D eigenvalue weighted by molar-refractivity contribution is 0.163. The van der Waals surface area contributed by atoms with Crippen LogP contribution >= 0.6 is 12.4 Å². The van der Waals surface area contributed by atoms with Crippen molar-refractivity contribution in [1.82, 2.24) is 10.2 Å². The molecule has 2 unspecified atom stereocenters. The van der Waals surface area contributed by atoms with E-state index in [1.54, 1.807) is 6.08 Å². The van der Waals surface area contributed by atoms with E-state index in [1.807, 2.05) is 6.08 Å². The molecule has 0 radical (unpaired) electrons. The van der Waals surface area contributed by atoms with Crippen molar-refractivity contribution in [2.75, 3.05) is 19.6 Å². The summed E-state index contributed by atoms with van der Waals surface area (Å²) < 4.78 is 26.2. The lowest BCUT2D eigenvalue weighted by Gasteiger charge is -2.36. The van der Waals surface area contributed by atoms with Crippen molar-refractivity contribution in [1.29, 1.82) is 0 Å². The number of rotatable bonds is 3. The van der Waals surface area contributed by atoms with E-state index in [0.29, 0.717) is 17.6 Å². The first-order valence-electron chi connectivity index (χ1n) is 6.65. The lowest BCUT2D eigenvalue weighted by atomic mass is 10.1. The van der Waals surface area contributed by atoms with Crippen LogP contribution in [0.15, 0.2) is 24.3 Å². The van der Waals surface area contributed by atoms with E-state index in [0.717, 1.165) is 25.7 Å². The molecular formula is C15H21ClF2N2. The molecule has 1 saturated heterocycles. The molecule has 1 N–H and O–H groups in total. The first kappa shape index (κ1) is 17.1. The van der Waals surface area contributed by atoms with Gasteiger partial charge in [0.05, 0.1) is 0 Å². The summed E-state index contributed by atoms with van der Waals surface area (Å²) in [5, 5.41) is 3.42. The van der Waals surface area contributed by atoms with Crippen molar-refractivity contribution < 1.29 is 8.78 Å². The molecule has 1 aromatic rings. The van der Waals surface area contributed by atoms with Crippen LogP contribution in [0, 0.1) is 11.6 Å². The average molecular weight is 303 g/mol. The van der Waals surface area contributed by atoms with Crippen LogP contribution in [0.2, 0.25) is 0 Å². The predicted molar refractivity (Wildman–Crippen MR) is 81.1 cm³/mol. The van der Waals surface area contributed by atoms with Gasteiger partial charge in [0.25, 0.3) is 0 Å². The predicted octanol–water partition coefficient (Wildman–Crippen LogP) is 3.08. The number of benzene rings is 1. The first-order valence-corrected chi connectivity index (χ1v) is 6.65. The van der Waals surface area contributed by atoms with E-state index in [2.05, 4.69) is 24.1 Å². The Bertz CT molecular complexity index is 465. The van der Waals surface area contributed by atoms with Gasteiger partial charge in [-0.15, -0.1) is 12.4 Å². The summed E-state index contributed by atoms with van der Waals surface area (Å²) in [5.41, 5.74) is 0.428. The van der Waals surface area contributed by atoms with E-state index >= 15 is 0 Å². The number of piperazine rings is 1. The van der Waals surface area contributed by atoms with Crippen molar-refractivity contribution in [3.8, 4) is 0 Å². The van der Waals surface area contributed by atoms with E-state index in [9.17, 15) is 8.78 Å². The van der Waals surface area contributed by atoms with Gasteiger partial charge >= 0.3 is 0 Å². The van der Waals surface area contributed by atoms with Gasteiger partial charge in [-0.1, -0.05) is 12.2 Å². The number of hydrogen-bond acceptors (Lipinski definition) is 2. The molecule has 20 heavy (non-hydrogen) atoms. The maximum absolute atomic E-state index is 13.4. The zero-order valence-corrected chi connectivity index (χ0v) is 12.6. The highest BCUT2D eigenvalue weighted by atomic mass is 35.5. The molecule has 0 bridgehead atoms. The van der Waals surface area contributed by atoms with Crippen molar-refractivity contribution >= 4 is 18.5 Å². The zero-order valence-electron chi connectivity index (χ0n) is 11.8. The van der Waals surface area contributed by atoms with Gasteiger partial charge in [-0.2, -0.15) is 0 Å². The molecule has 1 heterocycles. The average Bonchev–Trinajstić information content (AvgIpc) is 2.36. The molecule has 1 aliphatic rings. The summed E-state index contributed by atoms with van der Waals surface area (Å²) in [6, 6.07) is 4.60. The molecule has 2 nitrogen and oxygen atoms in total. The van der Waals surface area contributed by atoms with Crippen LogP contribution in [0.1, 0.15) is 19.4 Å². The Labute approximate surface area is 125 Å². The van der Waals surface area contributed by atoms with Crippen LogP contribution in [0.4, 0.5) is 8.78 Å². The summed E-state index contributed by atoms with van der Waals surface area (Å²) in [7, 11) is 0. The summed E-state index contributed by atoms with van der Waals surface area (Å²) in [6.45, 7) is 7.06. The maximum Gasteiger partial charge on any atom is 0.133 e. The van der Waals surface area contributed by atoms with Gasteiger partial charge in [-0.3, -0.25) is 4.90 Å². The Balaban J connectivity index is 0.00000200. The molecule has 2 atom stereocenters. The molecule has 0 spiro atoms. The summed E-state index contributed by atoms with van der Waals surface area (Å²) in [4.78, 5) is 2.35. The summed E-state index contributed by atoms with van der Waals surface area (Å²) >= 11 is 0. The van der Waals surface area contributed by atoms with Crippen molar-refractivity contribution in [3.05, 3.63) is 41.5 Å². The SMILES string of the molecule is CC1CN(C/C=C/c2ccc(F)cc2F)C(C)CN1.Cl. The topological polar surface area (TPSA) is 15.3 Å². The minimum atomic E-state index is -0.542. The van der Waals surface area contributed by atoms with Crippen molar-refractivity contribution in [2.45, 2.75) is 25.9 Å². The van der Waals surface area contributed by atoms with Gasteiger partial charge in [0.1, 0.15) is 11.6 Å². The fourth-order valence-electron chi connectivity index (χ4n) is 2.30. The van der Waals surface area contributed by atoms with E-state index < -0.39 is 11.6 Å². The van der Waals surface area contributed by atoms with Gasteiger partial charge in [-0.05, 0) is 26.0 Å². The van der Waals surface area contributed by atoms with Crippen LogP contribution in [0.5, 0.6) is 0 Å². The fraction of sp³-hybridized carbons (Fsp3) is 0.467. The second-order valence-electron chi connectivity index (χ2n) is 5.18. The van der Waals surface area contributed by atoms with Gasteiger partial charge in [0.2, 0.25) is 0 Å². The Morgan fingerprint density at radius 3 is 2.80 bits per heavy atom. The third-order valence-electron chi connectivity index (χ3n) is 3.49. The number of nitrogens with zero attached hydrogens (tertiary/aromatic N) is 1. The largest absolute Gasteiger partial charge is 0.311 e. The number of halogens is 3. The minimum absolute atomic E-state index is 0. The van der Waals surface area contributed by atoms with Crippen LogP contribution in [0.3, 0.4) is 0 Å². The second-order valence-corrected chi connectivity index (χ2v) is 5.18. The fourth-order valence-corrected chi connectivity index (χ4v) is 2.30. The Morgan fingerprint density at radius 2 is 2.10 bits per heavy atom. The number of hydrogen-bond donors (Lipinski definition) is 1. The molecule has 0 aliphatic carbocycles. The van der Waals surface area contributed by atoms with E-state index in [1.165, 1.54) is 12.1 Å². The van der Waals surface area contributed by atoms with Gasteiger partial charge < -0.3 is 5.32 Å². The molecule has 1 fully saturated rings. The third kappa shape index (κ3) is 4.54.